The molecule has 15 heteroatoms. The smallest absolute Gasteiger partial charge is 0.437 e. The number of likely N-dealkylation sites (tertiary alicyclic amines) is 1. The molecule has 1 saturated heterocycles. The number of carbonyl (C=O) groups is 1. The fourth-order valence-corrected chi connectivity index (χ4v) is 5.88. The largest absolute Gasteiger partial charge is 0.573 e. The van der Waals surface area contributed by atoms with E-state index < -0.39 is 64.8 Å². The summed E-state index contributed by atoms with van der Waals surface area (Å²) >= 11 is 0. The molecule has 1 saturated carbocycles. The van der Waals surface area contributed by atoms with Gasteiger partial charge in [-0.2, -0.15) is 0 Å². The van der Waals surface area contributed by atoms with E-state index in [4.69, 9.17) is 10.5 Å². The molecule has 0 spiro atoms. The molecule has 2 heterocycles. The number of hydrogen-bond acceptors (Lipinski definition) is 7. The van der Waals surface area contributed by atoms with Crippen LogP contribution in [0.25, 0.3) is 0 Å². The van der Waals surface area contributed by atoms with Gasteiger partial charge in [-0.3, -0.25) is 14.2 Å². The monoisotopic (exact) mass is 640 g/mol. The highest BCUT2D eigenvalue weighted by atomic mass is 19.4. The quantitative estimate of drug-likeness (QED) is 0.340. The fraction of sp³-hybridized carbons (Fsp3) is 0.433. The average molecular weight is 641 g/mol. The topological polar surface area (TPSA) is 120 Å². The van der Waals surface area contributed by atoms with Gasteiger partial charge >= 0.3 is 6.36 Å². The van der Waals surface area contributed by atoms with E-state index in [0.717, 1.165) is 17.0 Å². The zero-order valence-corrected chi connectivity index (χ0v) is 23.8. The van der Waals surface area contributed by atoms with Crippen LogP contribution < -0.4 is 20.8 Å². The molecule has 1 aliphatic carbocycles. The summed E-state index contributed by atoms with van der Waals surface area (Å²) in [5.74, 6) is -7.64. The highest BCUT2D eigenvalue weighted by Gasteiger charge is 2.46. The molecule has 9 nitrogen and oxygen atoms in total. The minimum absolute atomic E-state index is 0.0372. The standard InChI is InChI=1S/C30H30F6N4O5/c31-22-7-6-19(14-23(22)45-30(34,35)36)44-25-24(37)27(42)40(17-38-25)16-28(43)10-12-39(13-11-28)26(41)20-8-9-29(32,33)15-21(20)18-4-2-1-3-5-18/h1-7,14,17,20-21,43H,8-13,15-16,37H2/t20-,21+/m1/s1. The van der Waals surface area contributed by atoms with E-state index in [9.17, 15) is 41.0 Å². The Morgan fingerprint density at radius 3 is 2.44 bits per heavy atom. The van der Waals surface area contributed by atoms with Gasteiger partial charge in [-0.15, -0.1) is 13.2 Å². The zero-order valence-electron chi connectivity index (χ0n) is 23.8. The summed E-state index contributed by atoms with van der Waals surface area (Å²) in [4.78, 5) is 32.0. The number of rotatable bonds is 7. The van der Waals surface area contributed by atoms with Gasteiger partial charge < -0.3 is 25.2 Å². The SMILES string of the molecule is Nc1c(Oc2ccc(F)c(OC(F)(F)F)c2)ncn(CC2(O)CCN(C(=O)[C@@H]3CCC(F)(F)C[C@H]3c3ccccc3)CC2)c1=O. The molecule has 1 aliphatic heterocycles. The molecule has 1 aromatic heterocycles. The highest BCUT2D eigenvalue weighted by Crippen LogP contribution is 2.46. The summed E-state index contributed by atoms with van der Waals surface area (Å²) in [5, 5.41) is 11.3. The highest BCUT2D eigenvalue weighted by molar-refractivity contribution is 5.80. The number of benzene rings is 2. The van der Waals surface area contributed by atoms with E-state index in [1.54, 1.807) is 35.2 Å². The second-order valence-electron chi connectivity index (χ2n) is 11.4. The first-order chi connectivity index (χ1) is 21.1. The molecule has 2 aliphatic rings. The van der Waals surface area contributed by atoms with Crippen LogP contribution in [0.2, 0.25) is 0 Å². The predicted molar refractivity (Wildman–Crippen MR) is 148 cm³/mol. The van der Waals surface area contributed by atoms with Crippen LogP contribution in [0.15, 0.2) is 59.7 Å². The van der Waals surface area contributed by atoms with E-state index in [1.807, 2.05) is 0 Å². The van der Waals surface area contributed by atoms with Gasteiger partial charge in [0.05, 0.1) is 12.1 Å². The van der Waals surface area contributed by atoms with Crippen molar-refractivity contribution in [3.8, 4) is 17.4 Å². The van der Waals surface area contributed by atoms with Gasteiger partial charge in [0.15, 0.2) is 17.3 Å². The van der Waals surface area contributed by atoms with Crippen LogP contribution in [-0.4, -0.2) is 56.4 Å². The number of halogens is 6. The Balaban J connectivity index is 1.24. The zero-order chi connectivity index (χ0) is 32.6. The van der Waals surface area contributed by atoms with Crippen molar-refractivity contribution in [1.29, 1.82) is 0 Å². The molecule has 3 N–H and O–H groups in total. The van der Waals surface area contributed by atoms with Crippen molar-refractivity contribution in [2.75, 3.05) is 18.8 Å². The van der Waals surface area contributed by atoms with E-state index >= 15 is 0 Å². The van der Waals surface area contributed by atoms with Crippen molar-refractivity contribution < 1.29 is 45.7 Å². The van der Waals surface area contributed by atoms with Crippen molar-refractivity contribution in [3.63, 3.8) is 0 Å². The van der Waals surface area contributed by atoms with Crippen molar-refractivity contribution >= 4 is 11.6 Å². The summed E-state index contributed by atoms with van der Waals surface area (Å²) in [6, 6.07) is 11.0. The molecular weight excluding hydrogens is 610 g/mol. The number of ether oxygens (including phenoxy) is 2. The van der Waals surface area contributed by atoms with E-state index in [0.29, 0.717) is 17.7 Å². The maximum absolute atomic E-state index is 14.3. The summed E-state index contributed by atoms with van der Waals surface area (Å²) in [6.45, 7) is 0.0265. The molecule has 1 amide bonds. The first-order valence-corrected chi connectivity index (χ1v) is 14.2. The third kappa shape index (κ3) is 7.52. The molecule has 2 atom stereocenters. The lowest BCUT2D eigenvalue weighted by Gasteiger charge is -2.42. The molecule has 0 bridgehead atoms. The van der Waals surface area contributed by atoms with Crippen LogP contribution >= 0.6 is 0 Å². The fourth-order valence-electron chi connectivity index (χ4n) is 5.88. The van der Waals surface area contributed by atoms with Gasteiger partial charge in [-0.25, -0.2) is 18.2 Å². The maximum Gasteiger partial charge on any atom is 0.573 e. The van der Waals surface area contributed by atoms with Crippen LogP contribution in [0.5, 0.6) is 17.4 Å². The molecule has 0 radical (unpaired) electrons. The molecule has 3 aromatic rings. The number of aliphatic hydroxyl groups is 1. The number of alkyl halides is 5. The van der Waals surface area contributed by atoms with Crippen LogP contribution in [0.3, 0.4) is 0 Å². The maximum atomic E-state index is 14.3. The Morgan fingerprint density at radius 1 is 1.09 bits per heavy atom. The van der Waals surface area contributed by atoms with Gasteiger partial charge in [-0.1, -0.05) is 30.3 Å². The van der Waals surface area contributed by atoms with Crippen molar-refractivity contribution in [1.82, 2.24) is 14.5 Å². The molecule has 2 aromatic carbocycles. The Labute approximate surface area is 253 Å². The van der Waals surface area contributed by atoms with Gasteiger partial charge in [0.2, 0.25) is 17.7 Å². The van der Waals surface area contributed by atoms with Crippen LogP contribution in [-0.2, 0) is 11.3 Å². The van der Waals surface area contributed by atoms with Gasteiger partial charge in [0.25, 0.3) is 5.56 Å². The lowest BCUT2D eigenvalue weighted by Crippen LogP contribution is -2.52. The Bertz CT molecular complexity index is 1590. The van der Waals surface area contributed by atoms with Gasteiger partial charge in [0.1, 0.15) is 12.1 Å². The van der Waals surface area contributed by atoms with Gasteiger partial charge in [-0.05, 0) is 37.0 Å². The number of nitrogens with two attached hydrogens (primary N) is 1. The molecule has 0 unspecified atom stereocenters. The van der Waals surface area contributed by atoms with Crippen molar-refractivity contribution in [2.24, 2.45) is 5.92 Å². The van der Waals surface area contributed by atoms with Crippen molar-refractivity contribution in [2.45, 2.75) is 62.5 Å². The predicted octanol–water partition coefficient (Wildman–Crippen LogP) is 5.23. The summed E-state index contributed by atoms with van der Waals surface area (Å²) < 4.78 is 90.0. The second kappa shape index (κ2) is 12.3. The van der Waals surface area contributed by atoms with E-state index in [2.05, 4.69) is 9.72 Å². The lowest BCUT2D eigenvalue weighted by molar-refractivity contribution is -0.275. The van der Waals surface area contributed by atoms with Crippen LogP contribution in [0.4, 0.5) is 32.0 Å². The second-order valence-corrected chi connectivity index (χ2v) is 11.4. The third-order valence-electron chi connectivity index (χ3n) is 8.22. The number of amides is 1. The third-order valence-corrected chi connectivity index (χ3v) is 8.22. The average Bonchev–Trinajstić information content (AvgIpc) is 2.98. The Hall–Kier alpha value is -4.27. The van der Waals surface area contributed by atoms with E-state index in [-0.39, 0.29) is 57.0 Å². The molecule has 45 heavy (non-hydrogen) atoms. The normalized spacial score (nSPS) is 21.3. The number of anilines is 1. The van der Waals surface area contributed by atoms with E-state index in [1.165, 1.54) is 0 Å². The summed E-state index contributed by atoms with van der Waals surface area (Å²) in [5.41, 5.74) is 3.79. The minimum atomic E-state index is -5.15. The number of aromatic nitrogens is 2. The molecule has 5 rings (SSSR count). The summed E-state index contributed by atoms with van der Waals surface area (Å²) in [7, 11) is 0. The number of piperidine rings is 1. The number of nitrogens with zero attached hydrogens (tertiary/aromatic N) is 3. The van der Waals surface area contributed by atoms with Crippen LogP contribution in [0.1, 0.15) is 43.6 Å². The molecular formula is C30H30F6N4O5. The summed E-state index contributed by atoms with van der Waals surface area (Å²) in [6.07, 6.45) is -4.72. The minimum Gasteiger partial charge on any atom is -0.437 e. The first-order valence-electron chi connectivity index (χ1n) is 14.2. The Morgan fingerprint density at radius 2 is 1.78 bits per heavy atom. The number of hydrogen-bond donors (Lipinski definition) is 2. The molecule has 2 fully saturated rings. The molecule has 242 valence electrons. The number of carbonyl (C=O) groups excluding carboxylic acids is 1. The number of nitrogen functional groups attached to an aromatic ring is 1. The van der Waals surface area contributed by atoms with Crippen LogP contribution in [0, 0.1) is 11.7 Å². The lowest BCUT2D eigenvalue weighted by atomic mass is 9.73. The van der Waals surface area contributed by atoms with Gasteiger partial charge in [0, 0.05) is 43.8 Å². The Kier molecular flexibility index (Phi) is 8.75. The first kappa shape index (κ1) is 32.1. The van der Waals surface area contributed by atoms with Crippen molar-refractivity contribution in [3.05, 3.63) is 76.6 Å².